The maximum absolute atomic E-state index is 12.4. The van der Waals surface area contributed by atoms with Gasteiger partial charge in [0.2, 0.25) is 0 Å². The van der Waals surface area contributed by atoms with E-state index in [-0.39, 0.29) is 18.5 Å². The van der Waals surface area contributed by atoms with Gasteiger partial charge in [0.15, 0.2) is 0 Å². The molecule has 1 atom stereocenters. The van der Waals surface area contributed by atoms with E-state index in [9.17, 15) is 9.59 Å². The molecule has 0 spiro atoms. The van der Waals surface area contributed by atoms with Crippen LogP contribution in [0, 0.1) is 5.92 Å². The molecule has 5 heteroatoms. The maximum Gasteiger partial charge on any atom is 0.348 e. The number of fused-ring (bicyclic) bond motifs is 1. The number of thiophene rings is 1. The summed E-state index contributed by atoms with van der Waals surface area (Å²) in [7, 11) is 0. The smallest absolute Gasteiger partial charge is 0.348 e. The lowest BCUT2D eigenvalue weighted by Gasteiger charge is -2.16. The largest absolute Gasteiger partial charge is 0.457 e. The van der Waals surface area contributed by atoms with Crippen molar-refractivity contribution in [2.75, 3.05) is 5.32 Å². The first-order valence-electron chi connectivity index (χ1n) is 9.82. The second-order valence-corrected chi connectivity index (χ2v) is 8.64. The molecule has 2 aromatic carbocycles. The van der Waals surface area contributed by atoms with Crippen molar-refractivity contribution in [1.82, 2.24) is 0 Å². The minimum Gasteiger partial charge on any atom is -0.457 e. The highest BCUT2D eigenvalue weighted by molar-refractivity contribution is 7.14. The van der Waals surface area contributed by atoms with E-state index in [1.165, 1.54) is 16.9 Å². The Morgan fingerprint density at radius 2 is 1.86 bits per heavy atom. The number of amides is 1. The quantitative estimate of drug-likeness (QED) is 0.572. The molecule has 1 heterocycles. The van der Waals surface area contributed by atoms with Crippen LogP contribution in [0.15, 0.2) is 60.7 Å². The fourth-order valence-corrected chi connectivity index (χ4v) is 4.61. The molecule has 0 unspecified atom stereocenters. The molecule has 0 bridgehead atoms. The number of benzene rings is 2. The third-order valence-electron chi connectivity index (χ3n) is 5.15. The molecule has 0 aliphatic heterocycles. The number of anilines is 1. The SMILES string of the molecule is C[C@@H]1CCc2sc(C(=O)OCc3ccc(C(=O)Nc4ccccc4)cc3)cc2C1. The van der Waals surface area contributed by atoms with Crippen LogP contribution in [-0.4, -0.2) is 11.9 Å². The Morgan fingerprint density at radius 3 is 2.62 bits per heavy atom. The van der Waals surface area contributed by atoms with Gasteiger partial charge in [-0.2, -0.15) is 0 Å². The summed E-state index contributed by atoms with van der Waals surface area (Å²) in [6, 6.07) is 18.4. The molecule has 0 radical (unpaired) electrons. The third-order valence-corrected chi connectivity index (χ3v) is 6.37. The fraction of sp³-hybridized carbons (Fsp3) is 0.250. The zero-order valence-electron chi connectivity index (χ0n) is 16.3. The lowest BCUT2D eigenvalue weighted by molar-refractivity contribution is 0.0478. The van der Waals surface area contributed by atoms with E-state index in [0.29, 0.717) is 16.4 Å². The Labute approximate surface area is 174 Å². The average molecular weight is 406 g/mol. The second-order valence-electron chi connectivity index (χ2n) is 7.50. The highest BCUT2D eigenvalue weighted by atomic mass is 32.1. The van der Waals surface area contributed by atoms with Crippen molar-refractivity contribution in [3.8, 4) is 0 Å². The van der Waals surface area contributed by atoms with Gasteiger partial charge in [0.1, 0.15) is 11.5 Å². The number of hydrogen-bond acceptors (Lipinski definition) is 4. The molecular formula is C24H23NO3S. The van der Waals surface area contributed by atoms with Gasteiger partial charge >= 0.3 is 5.97 Å². The average Bonchev–Trinajstić information content (AvgIpc) is 3.16. The van der Waals surface area contributed by atoms with Gasteiger partial charge in [-0.1, -0.05) is 37.3 Å². The van der Waals surface area contributed by atoms with E-state index >= 15 is 0 Å². The third kappa shape index (κ3) is 4.74. The molecule has 4 rings (SSSR count). The molecule has 1 amide bonds. The number of hydrogen-bond donors (Lipinski definition) is 1. The molecule has 29 heavy (non-hydrogen) atoms. The van der Waals surface area contributed by atoms with Crippen LogP contribution >= 0.6 is 11.3 Å². The maximum atomic E-state index is 12.4. The summed E-state index contributed by atoms with van der Waals surface area (Å²) in [4.78, 5) is 26.7. The van der Waals surface area contributed by atoms with E-state index < -0.39 is 0 Å². The Bertz CT molecular complexity index is 1010. The van der Waals surface area contributed by atoms with Gasteiger partial charge in [-0.05, 0) is 66.6 Å². The summed E-state index contributed by atoms with van der Waals surface area (Å²) in [5.74, 6) is 0.236. The number of aryl methyl sites for hydroxylation is 1. The highest BCUT2D eigenvalue weighted by Crippen LogP contribution is 2.32. The summed E-state index contributed by atoms with van der Waals surface area (Å²) in [5.41, 5.74) is 3.46. The van der Waals surface area contributed by atoms with Crippen molar-refractivity contribution in [3.05, 3.63) is 87.1 Å². The Balaban J connectivity index is 1.33. The van der Waals surface area contributed by atoms with Gasteiger partial charge in [0.05, 0.1) is 0 Å². The fourth-order valence-electron chi connectivity index (χ4n) is 3.50. The molecule has 3 aromatic rings. The molecule has 1 N–H and O–H groups in total. The standard InChI is InChI=1S/C24H23NO3S/c1-16-7-12-21-19(13-16)14-22(29-21)24(27)28-15-17-8-10-18(11-9-17)23(26)25-20-5-3-2-4-6-20/h2-6,8-11,14,16H,7,12-13,15H2,1H3,(H,25,26)/t16-/m1/s1. The number of para-hydroxylation sites is 1. The van der Waals surface area contributed by atoms with Crippen LogP contribution in [0.1, 0.15) is 49.4 Å². The summed E-state index contributed by atoms with van der Waals surface area (Å²) in [5, 5.41) is 2.85. The van der Waals surface area contributed by atoms with Crippen molar-refractivity contribution in [3.63, 3.8) is 0 Å². The van der Waals surface area contributed by atoms with Gasteiger partial charge in [0, 0.05) is 16.1 Å². The highest BCUT2D eigenvalue weighted by Gasteiger charge is 2.21. The molecule has 1 aliphatic carbocycles. The zero-order chi connectivity index (χ0) is 20.2. The predicted molar refractivity (Wildman–Crippen MR) is 115 cm³/mol. The number of ether oxygens (including phenoxy) is 1. The number of esters is 1. The predicted octanol–water partition coefficient (Wildman–Crippen LogP) is 5.48. The van der Waals surface area contributed by atoms with Gasteiger partial charge in [0.25, 0.3) is 5.91 Å². The van der Waals surface area contributed by atoms with Gasteiger partial charge in [-0.3, -0.25) is 4.79 Å². The van der Waals surface area contributed by atoms with Gasteiger partial charge in [-0.25, -0.2) is 4.79 Å². The van der Waals surface area contributed by atoms with Gasteiger partial charge < -0.3 is 10.1 Å². The topological polar surface area (TPSA) is 55.4 Å². The molecule has 0 saturated heterocycles. The van der Waals surface area contributed by atoms with Crippen LogP contribution in [-0.2, 0) is 24.2 Å². The van der Waals surface area contributed by atoms with Crippen molar-refractivity contribution >= 4 is 28.9 Å². The monoisotopic (exact) mass is 405 g/mol. The van der Waals surface area contributed by atoms with Crippen LogP contribution < -0.4 is 5.32 Å². The first kappa shape index (κ1) is 19.4. The van der Waals surface area contributed by atoms with E-state index in [0.717, 1.165) is 24.1 Å². The van der Waals surface area contributed by atoms with Crippen LogP contribution in [0.2, 0.25) is 0 Å². The number of nitrogens with one attached hydrogen (secondary N) is 1. The molecule has 148 valence electrons. The van der Waals surface area contributed by atoms with E-state index in [2.05, 4.69) is 12.2 Å². The van der Waals surface area contributed by atoms with Crippen molar-refractivity contribution in [2.45, 2.75) is 32.8 Å². The van der Waals surface area contributed by atoms with E-state index in [1.54, 1.807) is 23.5 Å². The van der Waals surface area contributed by atoms with Crippen LogP contribution in [0.3, 0.4) is 0 Å². The van der Waals surface area contributed by atoms with E-state index in [4.69, 9.17) is 4.74 Å². The van der Waals surface area contributed by atoms with Crippen LogP contribution in [0.25, 0.3) is 0 Å². The van der Waals surface area contributed by atoms with Crippen molar-refractivity contribution in [1.29, 1.82) is 0 Å². The minimum atomic E-state index is -0.275. The van der Waals surface area contributed by atoms with Gasteiger partial charge in [-0.15, -0.1) is 11.3 Å². The Hall–Kier alpha value is -2.92. The normalized spacial score (nSPS) is 15.4. The second kappa shape index (κ2) is 8.62. The lowest BCUT2D eigenvalue weighted by atomic mass is 9.90. The summed E-state index contributed by atoms with van der Waals surface area (Å²) in [6.07, 6.45) is 3.29. The van der Waals surface area contributed by atoms with Crippen molar-refractivity contribution in [2.24, 2.45) is 5.92 Å². The molecule has 0 fully saturated rings. The summed E-state index contributed by atoms with van der Waals surface area (Å²) >= 11 is 1.56. The molecule has 0 saturated carbocycles. The molecule has 4 nitrogen and oxygen atoms in total. The first-order valence-corrected chi connectivity index (χ1v) is 10.6. The summed E-state index contributed by atoms with van der Waals surface area (Å²) in [6.45, 7) is 2.45. The zero-order valence-corrected chi connectivity index (χ0v) is 17.1. The Morgan fingerprint density at radius 1 is 1.10 bits per heavy atom. The molecular weight excluding hydrogens is 382 g/mol. The summed E-state index contributed by atoms with van der Waals surface area (Å²) < 4.78 is 5.49. The molecule has 1 aromatic heterocycles. The number of rotatable bonds is 5. The van der Waals surface area contributed by atoms with E-state index in [1.807, 2.05) is 48.5 Å². The number of carbonyl (C=O) groups excluding carboxylic acids is 2. The lowest BCUT2D eigenvalue weighted by Crippen LogP contribution is -2.11. The van der Waals surface area contributed by atoms with Crippen molar-refractivity contribution < 1.29 is 14.3 Å². The Kier molecular flexibility index (Phi) is 5.76. The molecule has 1 aliphatic rings. The van der Waals surface area contributed by atoms with Crippen LogP contribution in [0.5, 0.6) is 0 Å². The first-order chi connectivity index (χ1) is 14.1. The van der Waals surface area contributed by atoms with Crippen LogP contribution in [0.4, 0.5) is 5.69 Å². The number of carbonyl (C=O) groups is 2. The minimum absolute atomic E-state index is 0.168.